The van der Waals surface area contributed by atoms with E-state index in [1.165, 1.54) is 23.1 Å². The van der Waals surface area contributed by atoms with Gasteiger partial charge in [-0.05, 0) is 48.7 Å². The number of rotatable bonds is 10. The quantitative estimate of drug-likeness (QED) is 0.398. The fraction of sp³-hybridized carbons (Fsp3) is 0.276. The minimum absolute atomic E-state index is 0.0140. The molecule has 8 nitrogen and oxygen atoms in total. The fourth-order valence-corrected chi connectivity index (χ4v) is 6.16. The number of sulfonamides is 1. The number of amides is 3. The van der Waals surface area contributed by atoms with Crippen LogP contribution in [0.5, 0.6) is 0 Å². The number of halogens is 1. The molecule has 0 radical (unpaired) electrons. The molecule has 3 aromatic carbocycles. The summed E-state index contributed by atoms with van der Waals surface area (Å²) in [4.78, 5) is 41.7. The number of carbonyl (C=O) groups is 3. The molecule has 4 rings (SSSR count). The van der Waals surface area contributed by atoms with Gasteiger partial charge in [0.05, 0.1) is 5.56 Å². The molecule has 1 aliphatic heterocycles. The number of hydrogen-bond acceptors (Lipinski definition) is 5. The summed E-state index contributed by atoms with van der Waals surface area (Å²) >= 11 is 6.20. The third kappa shape index (κ3) is 6.32. The van der Waals surface area contributed by atoms with Crippen LogP contribution in [0, 0.1) is 0 Å². The van der Waals surface area contributed by atoms with E-state index in [0.29, 0.717) is 21.3 Å². The van der Waals surface area contributed by atoms with Crippen molar-refractivity contribution >= 4 is 39.3 Å². The Bertz CT molecular complexity index is 1480. The summed E-state index contributed by atoms with van der Waals surface area (Å²) in [6.45, 7) is 3.05. The number of hydrogen-bond donors (Lipinski definition) is 1. The second-order valence-electron chi connectivity index (χ2n) is 9.49. The Labute approximate surface area is 233 Å². The predicted octanol–water partition coefficient (Wildman–Crippen LogP) is 4.04. The summed E-state index contributed by atoms with van der Waals surface area (Å²) in [5.41, 5.74) is 1.49. The van der Waals surface area contributed by atoms with Gasteiger partial charge in [-0.3, -0.25) is 14.4 Å². The first kappa shape index (κ1) is 28.3. The van der Waals surface area contributed by atoms with Gasteiger partial charge in [-0.25, -0.2) is 12.7 Å². The third-order valence-corrected chi connectivity index (χ3v) is 8.73. The predicted molar refractivity (Wildman–Crippen MR) is 148 cm³/mol. The largest absolute Gasteiger partial charge is 0.352 e. The number of nitrogens with one attached hydrogen (secondary N) is 1. The molecule has 3 amide bonds. The van der Waals surface area contributed by atoms with Gasteiger partial charge >= 0.3 is 0 Å². The van der Waals surface area contributed by atoms with Crippen LogP contribution in [0.15, 0.2) is 83.8 Å². The third-order valence-electron chi connectivity index (χ3n) is 6.70. The average molecular weight is 568 g/mol. The summed E-state index contributed by atoms with van der Waals surface area (Å²) in [7, 11) is -4.22. The van der Waals surface area contributed by atoms with Crippen molar-refractivity contribution < 1.29 is 22.8 Å². The van der Waals surface area contributed by atoms with Crippen LogP contribution in [0.2, 0.25) is 5.02 Å². The van der Waals surface area contributed by atoms with Gasteiger partial charge in [0, 0.05) is 24.0 Å². The smallest absolute Gasteiger partial charge is 0.269 e. The molecule has 2 atom stereocenters. The van der Waals surface area contributed by atoms with Gasteiger partial charge in [-0.2, -0.15) is 0 Å². The molecule has 0 bridgehead atoms. The van der Waals surface area contributed by atoms with Crippen molar-refractivity contribution in [2.45, 2.75) is 50.2 Å². The van der Waals surface area contributed by atoms with Crippen LogP contribution in [0.4, 0.5) is 0 Å². The van der Waals surface area contributed by atoms with E-state index < -0.39 is 34.4 Å². The van der Waals surface area contributed by atoms with Gasteiger partial charge in [0.25, 0.3) is 15.9 Å². The highest BCUT2D eigenvalue weighted by atomic mass is 35.5. The Kier molecular flexibility index (Phi) is 8.72. The minimum Gasteiger partial charge on any atom is -0.352 e. The molecule has 10 heteroatoms. The topological polar surface area (TPSA) is 104 Å². The first-order valence-corrected chi connectivity index (χ1v) is 14.5. The summed E-state index contributed by atoms with van der Waals surface area (Å²) < 4.78 is 26.9. The summed E-state index contributed by atoms with van der Waals surface area (Å²) in [5, 5.41) is 3.41. The maximum atomic E-state index is 13.9. The van der Waals surface area contributed by atoms with E-state index in [1.54, 1.807) is 30.3 Å². The highest BCUT2D eigenvalue weighted by Crippen LogP contribution is 2.30. The van der Waals surface area contributed by atoms with Crippen molar-refractivity contribution in [3.63, 3.8) is 0 Å². The molecule has 1 heterocycles. The van der Waals surface area contributed by atoms with E-state index in [1.807, 2.05) is 44.2 Å². The van der Waals surface area contributed by atoms with Gasteiger partial charge in [-0.15, -0.1) is 0 Å². The van der Waals surface area contributed by atoms with Crippen LogP contribution in [-0.2, 0) is 32.6 Å². The lowest BCUT2D eigenvalue weighted by molar-refractivity contribution is -0.141. The Morgan fingerprint density at radius 3 is 2.31 bits per heavy atom. The van der Waals surface area contributed by atoms with Crippen molar-refractivity contribution in [2.75, 3.05) is 6.54 Å². The fourth-order valence-electron chi connectivity index (χ4n) is 4.43. The van der Waals surface area contributed by atoms with Crippen molar-refractivity contribution in [2.24, 2.45) is 0 Å². The van der Waals surface area contributed by atoms with Crippen LogP contribution < -0.4 is 5.32 Å². The van der Waals surface area contributed by atoms with Crippen molar-refractivity contribution in [1.29, 1.82) is 0 Å². The molecule has 0 saturated heterocycles. The molecule has 39 heavy (non-hydrogen) atoms. The molecular formula is C29H30ClN3O5S. The van der Waals surface area contributed by atoms with Crippen LogP contribution in [0.3, 0.4) is 0 Å². The average Bonchev–Trinajstić information content (AvgIpc) is 3.11. The highest BCUT2D eigenvalue weighted by molar-refractivity contribution is 7.90. The van der Waals surface area contributed by atoms with Gasteiger partial charge in [-0.1, -0.05) is 73.1 Å². The van der Waals surface area contributed by atoms with E-state index in [2.05, 4.69) is 5.32 Å². The first-order valence-electron chi connectivity index (χ1n) is 12.7. The van der Waals surface area contributed by atoms with Gasteiger partial charge in [0.15, 0.2) is 0 Å². The molecule has 1 aliphatic rings. The summed E-state index contributed by atoms with van der Waals surface area (Å²) in [5.74, 6) is -1.83. The molecule has 0 aliphatic carbocycles. The van der Waals surface area contributed by atoms with Crippen LogP contribution >= 0.6 is 11.6 Å². The minimum atomic E-state index is -4.22. The second kappa shape index (κ2) is 12.0. The number of benzene rings is 3. The van der Waals surface area contributed by atoms with E-state index in [0.717, 1.165) is 5.56 Å². The zero-order valence-electron chi connectivity index (χ0n) is 21.7. The highest BCUT2D eigenvalue weighted by Gasteiger charge is 2.43. The first-order chi connectivity index (χ1) is 18.6. The van der Waals surface area contributed by atoms with E-state index >= 15 is 0 Å². The standard InChI is InChI=1S/C29H30ClN3O5S/c1-3-20(2)31-28(35)25(17-21-10-5-4-6-11-21)32(18-22-12-9-13-23(30)16-22)27(34)19-33-29(36)24-14-7-8-15-26(24)39(33,37)38/h4-16,20,25H,3,17-19H2,1-2H3,(H,31,35)/t20-,25+/m0/s1. The normalized spacial score (nSPS) is 15.4. The molecule has 1 N–H and O–H groups in total. The Balaban J connectivity index is 1.72. The Hall–Kier alpha value is -3.69. The SMILES string of the molecule is CC[C@H](C)NC(=O)[C@@H](Cc1ccccc1)N(Cc1cccc(Cl)c1)C(=O)CN1C(=O)c2ccccc2S1(=O)=O. The lowest BCUT2D eigenvalue weighted by Crippen LogP contribution is -2.54. The number of fused-ring (bicyclic) bond motifs is 1. The van der Waals surface area contributed by atoms with Gasteiger partial charge in [0.1, 0.15) is 17.5 Å². The summed E-state index contributed by atoms with van der Waals surface area (Å²) in [6.07, 6.45) is 0.876. The molecule has 0 aromatic heterocycles. The maximum Gasteiger partial charge on any atom is 0.269 e. The molecular weight excluding hydrogens is 538 g/mol. The molecule has 0 fully saturated rings. The van der Waals surface area contributed by atoms with Crippen molar-refractivity contribution in [3.05, 3.63) is 101 Å². The lowest BCUT2D eigenvalue weighted by Gasteiger charge is -2.33. The Morgan fingerprint density at radius 2 is 1.64 bits per heavy atom. The van der Waals surface area contributed by atoms with Crippen molar-refractivity contribution in [3.8, 4) is 0 Å². The Morgan fingerprint density at radius 1 is 0.974 bits per heavy atom. The molecule has 204 valence electrons. The molecule has 0 unspecified atom stereocenters. The van der Waals surface area contributed by atoms with Crippen LogP contribution in [-0.4, -0.2) is 54.0 Å². The van der Waals surface area contributed by atoms with Crippen LogP contribution in [0.25, 0.3) is 0 Å². The molecule has 0 saturated carbocycles. The monoisotopic (exact) mass is 567 g/mol. The number of nitrogens with zero attached hydrogens (tertiary/aromatic N) is 2. The maximum absolute atomic E-state index is 13.9. The zero-order valence-corrected chi connectivity index (χ0v) is 23.3. The number of carbonyl (C=O) groups excluding carboxylic acids is 3. The lowest BCUT2D eigenvalue weighted by atomic mass is 10.0. The van der Waals surface area contributed by atoms with E-state index in [9.17, 15) is 22.8 Å². The van der Waals surface area contributed by atoms with Crippen LogP contribution in [0.1, 0.15) is 41.8 Å². The second-order valence-corrected chi connectivity index (χ2v) is 11.8. The van der Waals surface area contributed by atoms with Gasteiger partial charge < -0.3 is 10.2 Å². The van der Waals surface area contributed by atoms with Crippen molar-refractivity contribution in [1.82, 2.24) is 14.5 Å². The summed E-state index contributed by atoms with van der Waals surface area (Å²) in [6, 6.07) is 20.9. The van der Waals surface area contributed by atoms with Gasteiger partial charge in [0.2, 0.25) is 11.8 Å². The molecule has 0 spiro atoms. The molecule has 3 aromatic rings. The zero-order chi connectivity index (χ0) is 28.2. The van der Waals surface area contributed by atoms with E-state index in [-0.39, 0.29) is 35.4 Å². The van der Waals surface area contributed by atoms with E-state index in [4.69, 9.17) is 11.6 Å².